The number of aldehydes is 1. The van der Waals surface area contributed by atoms with Gasteiger partial charge in [0, 0.05) is 13.5 Å². The first kappa shape index (κ1) is 37.9. The summed E-state index contributed by atoms with van der Waals surface area (Å²) in [5.74, 6) is -7.49. The fourth-order valence-electron chi connectivity index (χ4n) is 4.75. The number of ether oxygens (including phenoxy) is 1. The molecule has 1 rings (SSSR count). The molecular formula is C28H45N5O11. The van der Waals surface area contributed by atoms with Crippen LogP contribution in [0.2, 0.25) is 0 Å². The predicted octanol–water partition coefficient (Wildman–Crippen LogP) is -1.20. The Morgan fingerprint density at radius 1 is 0.818 bits per heavy atom. The minimum absolute atomic E-state index is 0.0279. The van der Waals surface area contributed by atoms with Crippen molar-refractivity contribution in [1.29, 1.82) is 0 Å². The Hall–Kier alpha value is -4.08. The van der Waals surface area contributed by atoms with Crippen LogP contribution in [0.25, 0.3) is 0 Å². The highest BCUT2D eigenvalue weighted by Crippen LogP contribution is 2.25. The van der Waals surface area contributed by atoms with Crippen molar-refractivity contribution in [2.45, 2.75) is 110 Å². The lowest BCUT2D eigenvalue weighted by molar-refractivity contribution is -0.147. The monoisotopic (exact) mass is 627 g/mol. The third-order valence-corrected chi connectivity index (χ3v) is 6.78. The van der Waals surface area contributed by atoms with Crippen LogP contribution in [0.5, 0.6) is 0 Å². The van der Waals surface area contributed by atoms with Crippen molar-refractivity contribution in [2.24, 2.45) is 11.8 Å². The van der Waals surface area contributed by atoms with Gasteiger partial charge in [-0.05, 0) is 32.1 Å². The average molecular weight is 628 g/mol. The lowest BCUT2D eigenvalue weighted by Gasteiger charge is -2.33. The smallest absolute Gasteiger partial charge is 0.305 e. The molecule has 6 unspecified atom stereocenters. The zero-order valence-electron chi connectivity index (χ0n) is 26.1. The van der Waals surface area contributed by atoms with Gasteiger partial charge in [-0.1, -0.05) is 27.7 Å². The molecule has 44 heavy (non-hydrogen) atoms. The standard InChI is InChI=1S/C28H45N5O11/c1-13(2)22(29-16(7)35)26(41)31-18(11-21(38)39)25(40)32-23(14(3)4)28(43)33-9-8-19(44-15(5)6)24(33)27(42)30-17(12-34)10-20(36)37/h12-15,17-19,22-24H,8-11H2,1-7H3,(H,29,35)(H,30,42)(H,31,41)(H,32,40)(H,36,37)(H,38,39). The summed E-state index contributed by atoms with van der Waals surface area (Å²) in [6, 6.07) is -6.56. The zero-order chi connectivity index (χ0) is 33.9. The molecule has 0 aromatic carbocycles. The summed E-state index contributed by atoms with van der Waals surface area (Å²) in [4.78, 5) is 100. The summed E-state index contributed by atoms with van der Waals surface area (Å²) in [5, 5.41) is 28.1. The summed E-state index contributed by atoms with van der Waals surface area (Å²) < 4.78 is 5.85. The summed E-state index contributed by atoms with van der Waals surface area (Å²) in [5.41, 5.74) is 0. The number of carbonyl (C=O) groups excluding carboxylic acids is 6. The second-order valence-electron chi connectivity index (χ2n) is 11.6. The van der Waals surface area contributed by atoms with Crippen LogP contribution in [0.15, 0.2) is 0 Å². The molecule has 1 saturated heterocycles. The number of carboxylic acid groups (broad SMARTS) is 2. The third-order valence-electron chi connectivity index (χ3n) is 6.78. The highest BCUT2D eigenvalue weighted by molar-refractivity contribution is 5.97. The molecule has 16 nitrogen and oxygen atoms in total. The maximum atomic E-state index is 13.8. The molecule has 1 fully saturated rings. The lowest BCUT2D eigenvalue weighted by atomic mass is 10.00. The number of hydrogen-bond acceptors (Lipinski definition) is 9. The molecule has 6 N–H and O–H groups in total. The number of likely N-dealkylation sites (tertiary alicyclic amines) is 1. The molecule has 16 heteroatoms. The van der Waals surface area contributed by atoms with Gasteiger partial charge in [-0.15, -0.1) is 0 Å². The van der Waals surface area contributed by atoms with Crippen LogP contribution in [0, 0.1) is 11.8 Å². The molecule has 0 bridgehead atoms. The van der Waals surface area contributed by atoms with E-state index in [1.807, 2.05) is 0 Å². The van der Waals surface area contributed by atoms with Crippen molar-refractivity contribution in [3.8, 4) is 0 Å². The first-order valence-electron chi connectivity index (χ1n) is 14.4. The number of hydrogen-bond donors (Lipinski definition) is 6. The Balaban J connectivity index is 3.30. The molecule has 0 aromatic rings. The SMILES string of the molecule is CC(=O)NC(C(=O)NC(CC(=O)O)C(=O)NC(C(=O)N1CCC(OC(C)C)C1C(=O)NC(C=O)CC(=O)O)C(C)C)C(C)C. The molecule has 0 saturated carbocycles. The van der Waals surface area contributed by atoms with E-state index in [1.54, 1.807) is 41.5 Å². The van der Waals surface area contributed by atoms with E-state index in [9.17, 15) is 43.5 Å². The van der Waals surface area contributed by atoms with Gasteiger partial charge >= 0.3 is 11.9 Å². The van der Waals surface area contributed by atoms with Crippen molar-refractivity contribution >= 4 is 47.8 Å². The van der Waals surface area contributed by atoms with Crippen molar-refractivity contribution in [3.63, 3.8) is 0 Å². The molecule has 1 aliphatic rings. The number of nitrogens with zero attached hydrogens (tertiary/aromatic N) is 1. The Morgan fingerprint density at radius 3 is 1.84 bits per heavy atom. The van der Waals surface area contributed by atoms with Gasteiger partial charge in [-0.3, -0.25) is 33.6 Å². The minimum Gasteiger partial charge on any atom is -0.481 e. The molecule has 5 amide bonds. The second-order valence-corrected chi connectivity index (χ2v) is 11.6. The Kier molecular flexibility index (Phi) is 14.9. The first-order chi connectivity index (χ1) is 20.4. The molecule has 0 aromatic heterocycles. The number of aliphatic carboxylic acids is 2. The number of carbonyl (C=O) groups is 8. The number of rotatable bonds is 17. The molecular weight excluding hydrogens is 582 g/mol. The van der Waals surface area contributed by atoms with Gasteiger partial charge < -0.3 is 45.9 Å². The van der Waals surface area contributed by atoms with Crippen molar-refractivity contribution in [1.82, 2.24) is 26.2 Å². The van der Waals surface area contributed by atoms with Gasteiger partial charge in [0.05, 0.1) is 31.1 Å². The quantitative estimate of drug-likeness (QED) is 0.105. The molecule has 248 valence electrons. The van der Waals surface area contributed by atoms with Crippen LogP contribution in [-0.4, -0.2) is 112 Å². The van der Waals surface area contributed by atoms with Gasteiger partial charge in [0.15, 0.2) is 0 Å². The Labute approximate surface area is 256 Å². The summed E-state index contributed by atoms with van der Waals surface area (Å²) in [6.07, 6.45) is -2.15. The van der Waals surface area contributed by atoms with E-state index in [4.69, 9.17) is 9.84 Å². The molecule has 0 radical (unpaired) electrons. The Morgan fingerprint density at radius 2 is 1.39 bits per heavy atom. The molecule has 1 aliphatic heterocycles. The highest BCUT2D eigenvalue weighted by Gasteiger charge is 2.46. The van der Waals surface area contributed by atoms with E-state index in [1.165, 1.54) is 11.8 Å². The van der Waals surface area contributed by atoms with Gasteiger partial charge in [-0.25, -0.2) is 0 Å². The van der Waals surface area contributed by atoms with Crippen LogP contribution in [-0.2, 0) is 43.1 Å². The van der Waals surface area contributed by atoms with E-state index >= 15 is 0 Å². The van der Waals surface area contributed by atoms with E-state index in [-0.39, 0.29) is 25.4 Å². The molecule has 1 heterocycles. The van der Waals surface area contributed by atoms with Crippen LogP contribution >= 0.6 is 0 Å². The van der Waals surface area contributed by atoms with Gasteiger partial charge in [0.25, 0.3) is 0 Å². The second kappa shape index (κ2) is 17.3. The normalized spacial score (nSPS) is 19.1. The highest BCUT2D eigenvalue weighted by atomic mass is 16.5. The number of carboxylic acids is 2. The summed E-state index contributed by atoms with van der Waals surface area (Å²) in [7, 11) is 0. The van der Waals surface area contributed by atoms with E-state index in [0.717, 1.165) is 0 Å². The largest absolute Gasteiger partial charge is 0.481 e. The average Bonchev–Trinajstić information content (AvgIpc) is 3.30. The fourth-order valence-corrected chi connectivity index (χ4v) is 4.75. The third kappa shape index (κ3) is 11.5. The Bertz CT molecular complexity index is 1090. The van der Waals surface area contributed by atoms with Crippen LogP contribution in [0.4, 0.5) is 0 Å². The van der Waals surface area contributed by atoms with E-state index < -0.39 is 102 Å². The molecule has 0 spiro atoms. The summed E-state index contributed by atoms with van der Waals surface area (Å²) >= 11 is 0. The van der Waals surface area contributed by atoms with Crippen molar-refractivity contribution in [3.05, 3.63) is 0 Å². The van der Waals surface area contributed by atoms with Gasteiger partial charge in [0.2, 0.25) is 29.5 Å². The summed E-state index contributed by atoms with van der Waals surface area (Å²) in [6.45, 7) is 11.2. The maximum absolute atomic E-state index is 13.8. The fraction of sp³-hybridized carbons (Fsp3) is 0.714. The zero-order valence-corrected chi connectivity index (χ0v) is 26.1. The molecule has 6 atom stereocenters. The number of amides is 5. The van der Waals surface area contributed by atoms with Crippen molar-refractivity contribution < 1.29 is 53.3 Å². The number of nitrogens with one attached hydrogen (secondary N) is 4. The van der Waals surface area contributed by atoms with Gasteiger partial charge in [-0.2, -0.15) is 0 Å². The molecule has 0 aliphatic carbocycles. The van der Waals surface area contributed by atoms with Crippen molar-refractivity contribution in [2.75, 3.05) is 6.54 Å². The van der Waals surface area contributed by atoms with Crippen LogP contribution in [0.3, 0.4) is 0 Å². The van der Waals surface area contributed by atoms with E-state index in [2.05, 4.69) is 21.3 Å². The van der Waals surface area contributed by atoms with Crippen LogP contribution < -0.4 is 21.3 Å². The van der Waals surface area contributed by atoms with Gasteiger partial charge in [0.1, 0.15) is 30.5 Å². The lowest BCUT2D eigenvalue weighted by Crippen LogP contribution is -2.61. The van der Waals surface area contributed by atoms with E-state index in [0.29, 0.717) is 0 Å². The first-order valence-corrected chi connectivity index (χ1v) is 14.4. The maximum Gasteiger partial charge on any atom is 0.305 e. The topological polar surface area (TPSA) is 238 Å². The minimum atomic E-state index is -1.61. The predicted molar refractivity (Wildman–Crippen MR) is 154 cm³/mol. The van der Waals surface area contributed by atoms with Crippen LogP contribution in [0.1, 0.15) is 67.7 Å².